The van der Waals surface area contributed by atoms with Crippen molar-refractivity contribution in [3.05, 3.63) is 11.6 Å². The predicted molar refractivity (Wildman–Crippen MR) is 108 cm³/mol. The van der Waals surface area contributed by atoms with Crippen LogP contribution in [0.15, 0.2) is 16.6 Å². The second kappa shape index (κ2) is 9.48. The summed E-state index contributed by atoms with van der Waals surface area (Å²) in [6.07, 6.45) is 6.79. The van der Waals surface area contributed by atoms with Gasteiger partial charge in [0.1, 0.15) is 5.60 Å². The summed E-state index contributed by atoms with van der Waals surface area (Å²) in [5.41, 5.74) is 7.13. The molecule has 1 heterocycles. The van der Waals surface area contributed by atoms with Gasteiger partial charge in [0.15, 0.2) is 5.96 Å². The zero-order chi connectivity index (χ0) is 16.9. The maximum Gasteiger partial charge on any atom is 0.410 e. The van der Waals surface area contributed by atoms with E-state index in [-0.39, 0.29) is 30.1 Å². The lowest BCUT2D eigenvalue weighted by Crippen LogP contribution is -2.53. The molecule has 1 saturated heterocycles. The van der Waals surface area contributed by atoms with E-state index in [0.29, 0.717) is 32.1 Å². The first-order valence-electron chi connectivity index (χ1n) is 8.56. The number of amides is 1. The summed E-state index contributed by atoms with van der Waals surface area (Å²) in [7, 11) is 0. The number of allylic oxidation sites excluding steroid dienone is 1. The van der Waals surface area contributed by atoms with Gasteiger partial charge in [0.25, 0.3) is 0 Å². The summed E-state index contributed by atoms with van der Waals surface area (Å²) >= 11 is 0. The molecule has 0 spiro atoms. The Morgan fingerprint density at radius 1 is 1.25 bits per heavy atom. The van der Waals surface area contributed by atoms with Crippen molar-refractivity contribution in [3.63, 3.8) is 0 Å². The molecular formula is C17H31IN4O2. The fourth-order valence-electron chi connectivity index (χ4n) is 2.82. The summed E-state index contributed by atoms with van der Waals surface area (Å²) < 4.78 is 5.40. The summed E-state index contributed by atoms with van der Waals surface area (Å²) in [6.45, 7) is 9.05. The Kier molecular flexibility index (Phi) is 8.32. The Morgan fingerprint density at radius 2 is 1.88 bits per heavy atom. The molecule has 0 radical (unpaired) electrons. The van der Waals surface area contributed by atoms with E-state index in [1.54, 1.807) is 4.90 Å². The second-order valence-corrected chi connectivity index (χ2v) is 7.20. The summed E-state index contributed by atoms with van der Waals surface area (Å²) in [5.74, 6) is 0.590. The molecule has 0 saturated carbocycles. The lowest BCUT2D eigenvalue weighted by molar-refractivity contribution is 0.0186. The number of nitrogens with two attached hydrogens (primary N) is 1. The van der Waals surface area contributed by atoms with Gasteiger partial charge >= 0.3 is 6.09 Å². The molecule has 2 rings (SSSR count). The Labute approximate surface area is 162 Å². The molecule has 0 aromatic heterocycles. The number of rotatable bonds is 3. The monoisotopic (exact) mass is 450 g/mol. The molecule has 0 aromatic rings. The van der Waals surface area contributed by atoms with Crippen LogP contribution in [0.2, 0.25) is 0 Å². The summed E-state index contributed by atoms with van der Waals surface area (Å²) in [4.78, 5) is 20.3. The number of carbonyl (C=O) groups is 1. The van der Waals surface area contributed by atoms with Crippen LogP contribution in [0, 0.1) is 0 Å². The highest BCUT2D eigenvalue weighted by molar-refractivity contribution is 14.0. The van der Waals surface area contributed by atoms with E-state index in [1.165, 1.54) is 24.8 Å². The third kappa shape index (κ3) is 6.86. The predicted octanol–water partition coefficient (Wildman–Crippen LogP) is 2.97. The van der Waals surface area contributed by atoms with E-state index < -0.39 is 5.60 Å². The third-order valence-corrected chi connectivity index (χ3v) is 4.10. The van der Waals surface area contributed by atoms with Gasteiger partial charge in [0, 0.05) is 32.7 Å². The van der Waals surface area contributed by atoms with Gasteiger partial charge in [-0.05, 0) is 46.5 Å². The molecule has 1 amide bonds. The molecule has 138 valence electrons. The number of piperazine rings is 1. The first-order chi connectivity index (χ1) is 10.8. The van der Waals surface area contributed by atoms with Gasteiger partial charge in [-0.1, -0.05) is 11.6 Å². The normalized spacial score (nSPS) is 19.0. The smallest absolute Gasteiger partial charge is 0.410 e. The molecule has 0 atom stereocenters. The van der Waals surface area contributed by atoms with Crippen LogP contribution < -0.4 is 5.73 Å². The maximum absolute atomic E-state index is 12.0. The van der Waals surface area contributed by atoms with Crippen molar-refractivity contribution in [2.45, 2.75) is 52.1 Å². The SMILES string of the molecule is CC(C)(C)OC(=O)N1CCN(C(N)=NCCC2=CCCC2)CC1.I. The highest BCUT2D eigenvalue weighted by Crippen LogP contribution is 2.20. The van der Waals surface area contributed by atoms with Crippen LogP contribution in [0.5, 0.6) is 0 Å². The topological polar surface area (TPSA) is 71.2 Å². The summed E-state index contributed by atoms with van der Waals surface area (Å²) in [5, 5.41) is 0. The van der Waals surface area contributed by atoms with Crippen LogP contribution >= 0.6 is 24.0 Å². The average molecular weight is 450 g/mol. The molecule has 24 heavy (non-hydrogen) atoms. The minimum absolute atomic E-state index is 0. The number of carbonyl (C=O) groups excluding carboxylic acids is 1. The van der Waals surface area contributed by atoms with Crippen molar-refractivity contribution >= 4 is 36.0 Å². The van der Waals surface area contributed by atoms with Crippen molar-refractivity contribution in [2.75, 3.05) is 32.7 Å². The van der Waals surface area contributed by atoms with Crippen LogP contribution in [0.1, 0.15) is 46.5 Å². The zero-order valence-electron chi connectivity index (χ0n) is 15.1. The minimum atomic E-state index is -0.455. The minimum Gasteiger partial charge on any atom is -0.444 e. The van der Waals surface area contributed by atoms with Crippen LogP contribution in [-0.2, 0) is 4.74 Å². The first kappa shape index (κ1) is 21.1. The number of hydrogen-bond acceptors (Lipinski definition) is 3. The van der Waals surface area contributed by atoms with Crippen molar-refractivity contribution in [1.29, 1.82) is 0 Å². The van der Waals surface area contributed by atoms with Crippen LogP contribution in [-0.4, -0.2) is 60.2 Å². The van der Waals surface area contributed by atoms with E-state index >= 15 is 0 Å². The van der Waals surface area contributed by atoms with Gasteiger partial charge in [-0.2, -0.15) is 0 Å². The van der Waals surface area contributed by atoms with Gasteiger partial charge in [-0.15, -0.1) is 24.0 Å². The van der Waals surface area contributed by atoms with Crippen LogP contribution in [0.25, 0.3) is 0 Å². The molecule has 2 aliphatic rings. The number of guanidine groups is 1. The Hall–Kier alpha value is -0.990. The van der Waals surface area contributed by atoms with Gasteiger partial charge in [-0.3, -0.25) is 4.99 Å². The summed E-state index contributed by atoms with van der Waals surface area (Å²) in [6, 6.07) is 0. The van der Waals surface area contributed by atoms with Crippen molar-refractivity contribution in [1.82, 2.24) is 9.80 Å². The van der Waals surface area contributed by atoms with Crippen LogP contribution in [0.4, 0.5) is 4.79 Å². The molecule has 6 nitrogen and oxygen atoms in total. The van der Waals surface area contributed by atoms with Crippen molar-refractivity contribution < 1.29 is 9.53 Å². The van der Waals surface area contributed by atoms with Gasteiger partial charge < -0.3 is 20.3 Å². The maximum atomic E-state index is 12.0. The zero-order valence-corrected chi connectivity index (χ0v) is 17.4. The van der Waals surface area contributed by atoms with E-state index in [9.17, 15) is 4.79 Å². The fourth-order valence-corrected chi connectivity index (χ4v) is 2.82. The molecule has 1 fully saturated rings. The number of aliphatic imine (C=N–C) groups is 1. The first-order valence-corrected chi connectivity index (χ1v) is 8.56. The van der Waals surface area contributed by atoms with E-state index in [2.05, 4.69) is 11.1 Å². The highest BCUT2D eigenvalue weighted by Gasteiger charge is 2.26. The molecule has 7 heteroatoms. The van der Waals surface area contributed by atoms with Gasteiger partial charge in [-0.25, -0.2) is 4.79 Å². The van der Waals surface area contributed by atoms with E-state index in [0.717, 1.165) is 13.0 Å². The molecule has 0 unspecified atom stereocenters. The van der Waals surface area contributed by atoms with Crippen molar-refractivity contribution in [3.8, 4) is 0 Å². The Bertz CT molecular complexity index is 477. The third-order valence-electron chi connectivity index (χ3n) is 4.10. The quantitative estimate of drug-likeness (QED) is 0.311. The standard InChI is InChI=1S/C17H30N4O2.HI/c1-17(2,3)23-16(22)21-12-10-20(11-13-21)15(18)19-9-8-14-6-4-5-7-14;/h6H,4-5,7-13H2,1-3H3,(H2,18,19);1H. The molecule has 0 aromatic carbocycles. The number of halogens is 1. The van der Waals surface area contributed by atoms with E-state index in [1.807, 2.05) is 25.7 Å². The molecule has 1 aliphatic carbocycles. The van der Waals surface area contributed by atoms with Crippen LogP contribution in [0.3, 0.4) is 0 Å². The lowest BCUT2D eigenvalue weighted by atomic mass is 10.2. The number of nitrogens with zero attached hydrogens (tertiary/aromatic N) is 3. The second-order valence-electron chi connectivity index (χ2n) is 7.20. The largest absolute Gasteiger partial charge is 0.444 e. The molecule has 1 aliphatic heterocycles. The fraction of sp³-hybridized carbons (Fsp3) is 0.765. The van der Waals surface area contributed by atoms with Gasteiger partial charge in [0.05, 0.1) is 0 Å². The Morgan fingerprint density at radius 3 is 2.42 bits per heavy atom. The molecule has 2 N–H and O–H groups in total. The van der Waals surface area contributed by atoms with Crippen molar-refractivity contribution in [2.24, 2.45) is 10.7 Å². The number of hydrogen-bond donors (Lipinski definition) is 1. The Balaban J connectivity index is 0.00000288. The highest BCUT2D eigenvalue weighted by atomic mass is 127. The number of ether oxygens (including phenoxy) is 1. The lowest BCUT2D eigenvalue weighted by Gasteiger charge is -2.36. The average Bonchev–Trinajstić information content (AvgIpc) is 2.99. The molecular weight excluding hydrogens is 419 g/mol. The molecule has 0 bridgehead atoms. The van der Waals surface area contributed by atoms with E-state index in [4.69, 9.17) is 10.5 Å². The van der Waals surface area contributed by atoms with Gasteiger partial charge in [0.2, 0.25) is 0 Å².